The summed E-state index contributed by atoms with van der Waals surface area (Å²) in [5, 5.41) is 13.1. The van der Waals surface area contributed by atoms with Crippen LogP contribution in [0.25, 0.3) is 10.2 Å². The summed E-state index contributed by atoms with van der Waals surface area (Å²) >= 11 is 7.71. The molecule has 3 rings (SSSR count). The highest BCUT2D eigenvalue weighted by atomic mass is 35.5. The summed E-state index contributed by atoms with van der Waals surface area (Å²) in [7, 11) is 0. The van der Waals surface area contributed by atoms with Gasteiger partial charge in [-0.05, 0) is 30.8 Å². The number of aliphatic hydroxyl groups is 1. The van der Waals surface area contributed by atoms with Crippen LogP contribution < -0.4 is 0 Å². The molecule has 1 N–H and O–H groups in total. The molecule has 2 aromatic rings. The fraction of sp³-hybridized carbons (Fsp3) is 0.500. The Morgan fingerprint density at radius 1 is 1.50 bits per heavy atom. The number of thiophene rings is 1. The van der Waals surface area contributed by atoms with Crippen molar-refractivity contribution in [1.82, 2.24) is 14.9 Å². The molecule has 1 fully saturated rings. The minimum atomic E-state index is -0.223. The number of rotatable bonds is 2. The number of nitrogens with zero attached hydrogens (tertiary/aromatic N) is 3. The number of hydrogen-bond donors (Lipinski definition) is 1. The average molecular weight is 284 g/mol. The normalized spacial score (nSPS) is 21.6. The third-order valence-electron chi connectivity index (χ3n) is 3.17. The van der Waals surface area contributed by atoms with E-state index in [1.54, 1.807) is 11.3 Å². The van der Waals surface area contributed by atoms with Gasteiger partial charge in [-0.3, -0.25) is 4.90 Å². The predicted molar refractivity (Wildman–Crippen MR) is 72.9 cm³/mol. The lowest BCUT2D eigenvalue weighted by atomic mass is 10.1. The van der Waals surface area contributed by atoms with Gasteiger partial charge >= 0.3 is 0 Å². The molecular weight excluding hydrogens is 270 g/mol. The lowest BCUT2D eigenvalue weighted by Gasteiger charge is -2.29. The number of piperidine rings is 1. The molecule has 1 aliphatic heterocycles. The summed E-state index contributed by atoms with van der Waals surface area (Å²) in [5.74, 6) is 0.740. The fourth-order valence-electron chi connectivity index (χ4n) is 2.31. The van der Waals surface area contributed by atoms with E-state index in [9.17, 15) is 5.11 Å². The number of aromatic nitrogens is 2. The maximum absolute atomic E-state index is 9.64. The van der Waals surface area contributed by atoms with Gasteiger partial charge in [0.25, 0.3) is 0 Å². The van der Waals surface area contributed by atoms with Crippen molar-refractivity contribution in [1.29, 1.82) is 0 Å². The van der Waals surface area contributed by atoms with Gasteiger partial charge in [0.2, 0.25) is 0 Å². The second-order valence-electron chi connectivity index (χ2n) is 4.60. The summed E-state index contributed by atoms with van der Waals surface area (Å²) in [5.41, 5.74) is 0. The molecule has 1 unspecified atom stereocenters. The van der Waals surface area contributed by atoms with Crippen molar-refractivity contribution in [3.8, 4) is 0 Å². The molecule has 96 valence electrons. The largest absolute Gasteiger partial charge is 0.392 e. The van der Waals surface area contributed by atoms with Gasteiger partial charge < -0.3 is 5.11 Å². The van der Waals surface area contributed by atoms with Crippen LogP contribution in [0.1, 0.15) is 18.7 Å². The lowest BCUT2D eigenvalue weighted by molar-refractivity contribution is 0.0656. The Morgan fingerprint density at radius 3 is 3.22 bits per heavy atom. The van der Waals surface area contributed by atoms with E-state index in [-0.39, 0.29) is 6.10 Å². The van der Waals surface area contributed by atoms with Crippen molar-refractivity contribution < 1.29 is 5.11 Å². The van der Waals surface area contributed by atoms with Crippen LogP contribution in [-0.4, -0.2) is 39.2 Å². The molecule has 0 saturated carbocycles. The lowest BCUT2D eigenvalue weighted by Crippen LogP contribution is -2.38. The molecule has 1 aliphatic rings. The zero-order valence-electron chi connectivity index (χ0n) is 9.84. The van der Waals surface area contributed by atoms with Crippen LogP contribution in [0, 0.1) is 0 Å². The van der Waals surface area contributed by atoms with E-state index in [4.69, 9.17) is 11.6 Å². The average Bonchev–Trinajstić information content (AvgIpc) is 2.77. The van der Waals surface area contributed by atoms with Crippen molar-refractivity contribution in [2.45, 2.75) is 25.5 Å². The van der Waals surface area contributed by atoms with Crippen molar-refractivity contribution in [2.75, 3.05) is 13.1 Å². The van der Waals surface area contributed by atoms with Gasteiger partial charge in [0, 0.05) is 11.9 Å². The molecule has 1 atom stereocenters. The van der Waals surface area contributed by atoms with Crippen molar-refractivity contribution in [3.05, 3.63) is 22.4 Å². The smallest absolute Gasteiger partial charge is 0.145 e. The Balaban J connectivity index is 1.81. The van der Waals surface area contributed by atoms with E-state index in [1.807, 2.05) is 11.4 Å². The number of β-amino-alcohol motifs (C(OH)–C–C–N with tert-alkyl or cyclic N) is 1. The number of fused-ring (bicyclic) bond motifs is 1. The molecule has 4 nitrogen and oxygen atoms in total. The Labute approximate surface area is 114 Å². The van der Waals surface area contributed by atoms with Crippen LogP contribution in [-0.2, 0) is 6.54 Å². The molecule has 0 aliphatic carbocycles. The Kier molecular flexibility index (Phi) is 3.48. The third-order valence-corrected chi connectivity index (χ3v) is 4.27. The molecule has 6 heteroatoms. The maximum Gasteiger partial charge on any atom is 0.145 e. The molecular formula is C12H14ClN3OS. The van der Waals surface area contributed by atoms with Gasteiger partial charge in [0.1, 0.15) is 15.8 Å². The highest BCUT2D eigenvalue weighted by molar-refractivity contribution is 7.16. The summed E-state index contributed by atoms with van der Waals surface area (Å²) in [6, 6.07) is 1.94. The SMILES string of the molecule is OC1CCCN(Cc2nc(Cl)c3ccsc3n2)C1. The van der Waals surface area contributed by atoms with Crippen molar-refractivity contribution >= 4 is 33.2 Å². The van der Waals surface area contributed by atoms with Gasteiger partial charge in [0.05, 0.1) is 12.6 Å². The minimum Gasteiger partial charge on any atom is -0.392 e. The number of halogens is 1. The van der Waals surface area contributed by atoms with Crippen LogP contribution in [0.4, 0.5) is 0 Å². The van der Waals surface area contributed by atoms with Crippen LogP contribution in [0.5, 0.6) is 0 Å². The van der Waals surface area contributed by atoms with Crippen molar-refractivity contribution in [3.63, 3.8) is 0 Å². The topological polar surface area (TPSA) is 49.2 Å². The van der Waals surface area contributed by atoms with Crippen LogP contribution in [0.3, 0.4) is 0 Å². The molecule has 0 radical (unpaired) electrons. The minimum absolute atomic E-state index is 0.223. The number of aliphatic hydroxyl groups excluding tert-OH is 1. The number of hydrogen-bond acceptors (Lipinski definition) is 5. The van der Waals surface area contributed by atoms with E-state index in [1.165, 1.54) is 0 Å². The summed E-state index contributed by atoms with van der Waals surface area (Å²) in [6.07, 6.45) is 1.69. The first-order valence-corrected chi connectivity index (χ1v) is 7.28. The first-order chi connectivity index (χ1) is 8.72. The van der Waals surface area contributed by atoms with Gasteiger partial charge in [-0.1, -0.05) is 11.6 Å². The molecule has 1 saturated heterocycles. The van der Waals surface area contributed by atoms with Gasteiger partial charge in [-0.2, -0.15) is 0 Å². The van der Waals surface area contributed by atoms with Gasteiger partial charge in [-0.25, -0.2) is 9.97 Å². The summed E-state index contributed by atoms with van der Waals surface area (Å²) in [6.45, 7) is 2.34. The first kappa shape index (κ1) is 12.3. The van der Waals surface area contributed by atoms with Gasteiger partial charge in [0.15, 0.2) is 0 Å². The molecule has 18 heavy (non-hydrogen) atoms. The highest BCUT2D eigenvalue weighted by Gasteiger charge is 2.19. The predicted octanol–water partition coefficient (Wildman–Crippen LogP) is 2.30. The molecule has 0 spiro atoms. The zero-order valence-corrected chi connectivity index (χ0v) is 11.4. The second-order valence-corrected chi connectivity index (χ2v) is 5.85. The van der Waals surface area contributed by atoms with E-state index in [0.717, 1.165) is 35.4 Å². The molecule has 0 amide bonds. The van der Waals surface area contributed by atoms with Crippen LogP contribution >= 0.6 is 22.9 Å². The Bertz CT molecular complexity index is 559. The zero-order chi connectivity index (χ0) is 12.5. The highest BCUT2D eigenvalue weighted by Crippen LogP contribution is 2.25. The maximum atomic E-state index is 9.64. The second kappa shape index (κ2) is 5.09. The Morgan fingerprint density at radius 2 is 2.39 bits per heavy atom. The standard InChI is InChI=1S/C12H14ClN3OS/c13-11-9-3-5-18-12(9)15-10(14-11)7-16-4-1-2-8(17)6-16/h3,5,8,17H,1-2,4,6-7H2. The molecule has 0 bridgehead atoms. The van der Waals surface area contributed by atoms with E-state index < -0.39 is 0 Å². The van der Waals surface area contributed by atoms with E-state index in [2.05, 4.69) is 14.9 Å². The third kappa shape index (κ3) is 2.49. The van der Waals surface area contributed by atoms with Crippen molar-refractivity contribution in [2.24, 2.45) is 0 Å². The van der Waals surface area contributed by atoms with Crippen LogP contribution in [0.15, 0.2) is 11.4 Å². The monoisotopic (exact) mass is 283 g/mol. The molecule has 0 aromatic carbocycles. The quantitative estimate of drug-likeness (QED) is 0.859. The fourth-order valence-corrected chi connectivity index (χ4v) is 3.39. The molecule has 3 heterocycles. The van der Waals surface area contributed by atoms with E-state index in [0.29, 0.717) is 18.2 Å². The van der Waals surface area contributed by atoms with E-state index >= 15 is 0 Å². The van der Waals surface area contributed by atoms with Crippen LogP contribution in [0.2, 0.25) is 5.15 Å². The first-order valence-electron chi connectivity index (χ1n) is 6.02. The Hall–Kier alpha value is -0.750. The molecule has 2 aromatic heterocycles. The summed E-state index contributed by atoms with van der Waals surface area (Å²) in [4.78, 5) is 12.0. The summed E-state index contributed by atoms with van der Waals surface area (Å²) < 4.78 is 0. The number of likely N-dealkylation sites (tertiary alicyclic amines) is 1. The van der Waals surface area contributed by atoms with Gasteiger partial charge in [-0.15, -0.1) is 11.3 Å².